The van der Waals surface area contributed by atoms with Gasteiger partial charge in [0.15, 0.2) is 0 Å². The van der Waals surface area contributed by atoms with Gasteiger partial charge in [-0.05, 0) is 26.2 Å². The normalized spacial score (nSPS) is 27.1. The van der Waals surface area contributed by atoms with E-state index in [1.54, 1.807) is 0 Å². The van der Waals surface area contributed by atoms with E-state index in [4.69, 9.17) is 4.74 Å². The molecule has 0 N–H and O–H groups in total. The van der Waals surface area contributed by atoms with E-state index in [2.05, 4.69) is 4.74 Å². The van der Waals surface area contributed by atoms with Crippen molar-refractivity contribution in [1.82, 2.24) is 0 Å². The predicted octanol–water partition coefficient (Wildman–Crippen LogP) is 1.36. The summed E-state index contributed by atoms with van der Waals surface area (Å²) in [6.45, 7) is 4.77. The quantitative estimate of drug-likeness (QED) is 0.590. The van der Waals surface area contributed by atoms with Crippen LogP contribution in [0.5, 0.6) is 0 Å². The Morgan fingerprint density at radius 2 is 2.33 bits per heavy atom. The number of ether oxygens (including phenoxy) is 2. The SMILES string of the molecule is COC(=O)C[C@H]1COC(C)(C)C1. The summed E-state index contributed by atoms with van der Waals surface area (Å²) >= 11 is 0. The number of esters is 1. The molecule has 1 atom stereocenters. The summed E-state index contributed by atoms with van der Waals surface area (Å²) in [5, 5.41) is 0. The number of methoxy groups -OCH3 is 1. The molecule has 3 heteroatoms. The maximum atomic E-state index is 10.9. The van der Waals surface area contributed by atoms with Crippen LogP contribution in [0.15, 0.2) is 0 Å². The van der Waals surface area contributed by atoms with Crippen molar-refractivity contribution >= 4 is 5.97 Å². The van der Waals surface area contributed by atoms with E-state index in [0.717, 1.165) is 6.42 Å². The molecule has 1 rings (SSSR count). The minimum absolute atomic E-state index is 0.0569. The molecule has 0 spiro atoms. The molecule has 0 bridgehead atoms. The largest absolute Gasteiger partial charge is 0.469 e. The second-order valence-electron chi connectivity index (χ2n) is 3.92. The van der Waals surface area contributed by atoms with Gasteiger partial charge in [-0.25, -0.2) is 0 Å². The van der Waals surface area contributed by atoms with Gasteiger partial charge in [-0.3, -0.25) is 4.79 Å². The second kappa shape index (κ2) is 3.44. The maximum Gasteiger partial charge on any atom is 0.305 e. The molecular weight excluding hydrogens is 156 g/mol. The van der Waals surface area contributed by atoms with Crippen molar-refractivity contribution < 1.29 is 14.3 Å². The van der Waals surface area contributed by atoms with Gasteiger partial charge < -0.3 is 9.47 Å². The average molecular weight is 172 g/mol. The van der Waals surface area contributed by atoms with E-state index >= 15 is 0 Å². The average Bonchev–Trinajstić information content (AvgIpc) is 2.30. The Balaban J connectivity index is 2.33. The second-order valence-corrected chi connectivity index (χ2v) is 3.92. The number of hydrogen-bond donors (Lipinski definition) is 0. The third-order valence-corrected chi connectivity index (χ3v) is 2.17. The third-order valence-electron chi connectivity index (χ3n) is 2.17. The summed E-state index contributed by atoms with van der Waals surface area (Å²) in [6, 6.07) is 0. The fourth-order valence-electron chi connectivity index (χ4n) is 1.61. The molecule has 1 heterocycles. The molecule has 0 amide bonds. The molecule has 3 nitrogen and oxygen atoms in total. The standard InChI is InChI=1S/C9H16O3/c1-9(2)5-7(6-12-9)4-8(10)11-3/h7H,4-6H2,1-3H3/t7-/m1/s1. The van der Waals surface area contributed by atoms with E-state index < -0.39 is 0 Å². The highest BCUT2D eigenvalue weighted by atomic mass is 16.5. The van der Waals surface area contributed by atoms with Gasteiger partial charge in [0.25, 0.3) is 0 Å². The van der Waals surface area contributed by atoms with Crippen molar-refractivity contribution in [3.63, 3.8) is 0 Å². The molecule has 70 valence electrons. The first-order valence-corrected chi connectivity index (χ1v) is 4.24. The molecule has 0 aliphatic carbocycles. The van der Waals surface area contributed by atoms with Gasteiger partial charge in [0.2, 0.25) is 0 Å². The molecule has 0 aromatic carbocycles. The van der Waals surface area contributed by atoms with Crippen LogP contribution in [0.2, 0.25) is 0 Å². The summed E-state index contributed by atoms with van der Waals surface area (Å²) in [5.41, 5.74) is -0.0569. The van der Waals surface area contributed by atoms with Crippen molar-refractivity contribution in [2.75, 3.05) is 13.7 Å². The van der Waals surface area contributed by atoms with E-state index in [-0.39, 0.29) is 11.6 Å². The van der Waals surface area contributed by atoms with E-state index in [1.165, 1.54) is 7.11 Å². The van der Waals surface area contributed by atoms with Crippen LogP contribution in [0.25, 0.3) is 0 Å². The van der Waals surface area contributed by atoms with Crippen molar-refractivity contribution in [2.24, 2.45) is 5.92 Å². The Kier molecular flexibility index (Phi) is 2.73. The van der Waals surface area contributed by atoms with E-state index in [9.17, 15) is 4.79 Å². The highest BCUT2D eigenvalue weighted by Crippen LogP contribution is 2.30. The van der Waals surface area contributed by atoms with Crippen molar-refractivity contribution in [2.45, 2.75) is 32.3 Å². The molecule has 0 aromatic heterocycles. The summed E-state index contributed by atoms with van der Waals surface area (Å²) in [7, 11) is 1.42. The maximum absolute atomic E-state index is 10.9. The van der Waals surface area contributed by atoms with Crippen LogP contribution in [0.3, 0.4) is 0 Å². The number of carbonyl (C=O) groups is 1. The molecule has 1 aliphatic rings. The Morgan fingerprint density at radius 1 is 1.67 bits per heavy atom. The zero-order valence-corrected chi connectivity index (χ0v) is 7.92. The van der Waals surface area contributed by atoms with Gasteiger partial charge in [-0.15, -0.1) is 0 Å². The Hall–Kier alpha value is -0.570. The third kappa shape index (κ3) is 2.48. The number of hydrogen-bond acceptors (Lipinski definition) is 3. The smallest absolute Gasteiger partial charge is 0.305 e. The fraction of sp³-hybridized carbons (Fsp3) is 0.889. The molecule has 0 unspecified atom stereocenters. The monoisotopic (exact) mass is 172 g/mol. The van der Waals surface area contributed by atoms with Crippen LogP contribution in [0, 0.1) is 5.92 Å². The van der Waals surface area contributed by atoms with Crippen molar-refractivity contribution in [3.8, 4) is 0 Å². The van der Waals surface area contributed by atoms with Crippen molar-refractivity contribution in [3.05, 3.63) is 0 Å². The van der Waals surface area contributed by atoms with Gasteiger partial charge in [-0.2, -0.15) is 0 Å². The first kappa shape index (κ1) is 9.52. The fourth-order valence-corrected chi connectivity index (χ4v) is 1.61. The molecule has 1 aliphatic heterocycles. The first-order valence-electron chi connectivity index (χ1n) is 4.24. The zero-order chi connectivity index (χ0) is 9.19. The van der Waals surface area contributed by atoms with Gasteiger partial charge in [0.1, 0.15) is 0 Å². The number of carbonyl (C=O) groups excluding carboxylic acids is 1. The Labute approximate surface area is 73.0 Å². The summed E-state index contributed by atoms with van der Waals surface area (Å²) < 4.78 is 10.1. The minimum atomic E-state index is -0.138. The first-order chi connectivity index (χ1) is 5.53. The lowest BCUT2D eigenvalue weighted by atomic mass is 9.95. The number of rotatable bonds is 2. The summed E-state index contributed by atoms with van der Waals surface area (Å²) in [5.74, 6) is 0.203. The molecule has 0 saturated carbocycles. The Bertz CT molecular complexity index is 175. The molecule has 12 heavy (non-hydrogen) atoms. The van der Waals surface area contributed by atoms with Gasteiger partial charge >= 0.3 is 5.97 Å². The highest BCUT2D eigenvalue weighted by molar-refractivity contribution is 5.69. The molecule has 1 saturated heterocycles. The molecule has 0 aromatic rings. The Morgan fingerprint density at radius 3 is 2.75 bits per heavy atom. The van der Waals surface area contributed by atoms with Crippen molar-refractivity contribution in [1.29, 1.82) is 0 Å². The lowest BCUT2D eigenvalue weighted by molar-refractivity contribution is -0.141. The van der Waals surface area contributed by atoms with Gasteiger partial charge in [-0.1, -0.05) is 0 Å². The lowest BCUT2D eigenvalue weighted by Crippen LogP contribution is -2.17. The topological polar surface area (TPSA) is 35.5 Å². The van der Waals surface area contributed by atoms with Crippen LogP contribution in [0.4, 0.5) is 0 Å². The summed E-state index contributed by atoms with van der Waals surface area (Å²) in [6.07, 6.45) is 1.43. The van der Waals surface area contributed by atoms with Crippen LogP contribution in [-0.4, -0.2) is 25.3 Å². The zero-order valence-electron chi connectivity index (χ0n) is 7.92. The van der Waals surface area contributed by atoms with Crippen LogP contribution in [-0.2, 0) is 14.3 Å². The van der Waals surface area contributed by atoms with Crippen LogP contribution < -0.4 is 0 Å². The van der Waals surface area contributed by atoms with Crippen LogP contribution >= 0.6 is 0 Å². The summed E-state index contributed by atoms with van der Waals surface area (Å²) in [4.78, 5) is 10.9. The molecule has 0 radical (unpaired) electrons. The predicted molar refractivity (Wildman–Crippen MR) is 44.8 cm³/mol. The van der Waals surface area contributed by atoms with Crippen LogP contribution in [0.1, 0.15) is 26.7 Å². The lowest BCUT2D eigenvalue weighted by Gasteiger charge is -2.15. The molecular formula is C9H16O3. The van der Waals surface area contributed by atoms with Gasteiger partial charge in [0.05, 0.1) is 25.7 Å². The van der Waals surface area contributed by atoms with E-state index in [0.29, 0.717) is 18.9 Å². The molecule has 1 fully saturated rings. The van der Waals surface area contributed by atoms with Gasteiger partial charge in [0, 0.05) is 0 Å². The minimum Gasteiger partial charge on any atom is -0.469 e. The highest BCUT2D eigenvalue weighted by Gasteiger charge is 2.33. The van der Waals surface area contributed by atoms with E-state index in [1.807, 2.05) is 13.8 Å².